The van der Waals surface area contributed by atoms with Crippen molar-refractivity contribution in [1.82, 2.24) is 0 Å². The van der Waals surface area contributed by atoms with Gasteiger partial charge in [0, 0.05) is 28.9 Å². The molecule has 1 N–H and O–H groups in total. The van der Waals surface area contributed by atoms with Crippen LogP contribution in [0.25, 0.3) is 0 Å². The van der Waals surface area contributed by atoms with Crippen molar-refractivity contribution in [3.8, 4) is 11.5 Å². The first-order valence-electron chi connectivity index (χ1n) is 11.4. The van der Waals surface area contributed by atoms with Gasteiger partial charge in [0.25, 0.3) is 0 Å². The Morgan fingerprint density at radius 2 is 1.60 bits per heavy atom. The van der Waals surface area contributed by atoms with Crippen molar-refractivity contribution in [2.75, 3.05) is 24.4 Å². The number of anilines is 2. The number of benzene rings is 3. The molecule has 1 heterocycles. The highest BCUT2D eigenvalue weighted by Crippen LogP contribution is 2.43. The molecular weight excluding hydrogens is 444 g/mol. The summed E-state index contributed by atoms with van der Waals surface area (Å²) in [6.45, 7) is 1.50. The average Bonchev–Trinajstić information content (AvgIpc) is 2.88. The predicted molar refractivity (Wildman–Crippen MR) is 134 cm³/mol. The second-order valence-corrected chi connectivity index (χ2v) is 8.42. The van der Waals surface area contributed by atoms with E-state index in [1.54, 1.807) is 55.5 Å². The van der Waals surface area contributed by atoms with Crippen LogP contribution in [-0.4, -0.2) is 31.8 Å². The van der Waals surface area contributed by atoms with Gasteiger partial charge in [-0.3, -0.25) is 14.4 Å². The van der Waals surface area contributed by atoms with Crippen molar-refractivity contribution >= 4 is 29.0 Å². The van der Waals surface area contributed by atoms with Crippen LogP contribution in [0.2, 0.25) is 0 Å². The van der Waals surface area contributed by atoms with E-state index in [4.69, 9.17) is 9.47 Å². The number of ketones is 1. The fourth-order valence-corrected chi connectivity index (χ4v) is 4.50. The van der Waals surface area contributed by atoms with Crippen LogP contribution in [0.15, 0.2) is 72.8 Å². The summed E-state index contributed by atoms with van der Waals surface area (Å²) in [6.07, 6.45) is 0.630. The van der Waals surface area contributed by atoms with Gasteiger partial charge in [0.1, 0.15) is 11.5 Å². The molecule has 0 radical (unpaired) electrons. The van der Waals surface area contributed by atoms with Crippen molar-refractivity contribution in [2.24, 2.45) is 5.92 Å². The minimum atomic E-state index is -0.572. The van der Waals surface area contributed by atoms with Crippen molar-refractivity contribution < 1.29 is 23.9 Å². The number of para-hydroxylation sites is 1. The largest absolute Gasteiger partial charge is 0.497 e. The normalized spacial score (nSPS) is 17.6. The third kappa shape index (κ3) is 5.04. The van der Waals surface area contributed by atoms with Gasteiger partial charge in [0.2, 0.25) is 11.8 Å². The predicted octanol–water partition coefficient (Wildman–Crippen LogP) is 5.03. The number of Topliss-reactive ketones (excluding diaryl/α,β-unsaturated/α-hetero) is 1. The topological polar surface area (TPSA) is 84.9 Å². The molecule has 1 aliphatic heterocycles. The minimum Gasteiger partial charge on any atom is -0.497 e. The molecule has 1 saturated heterocycles. The van der Waals surface area contributed by atoms with E-state index in [1.807, 2.05) is 36.4 Å². The molecule has 0 aliphatic carbocycles. The molecule has 35 heavy (non-hydrogen) atoms. The number of methoxy groups -OCH3 is 2. The lowest BCUT2D eigenvalue weighted by molar-refractivity contribution is -0.126. The molecule has 2 amide bonds. The number of carbonyl (C=O) groups excluding carboxylic acids is 3. The monoisotopic (exact) mass is 472 g/mol. The maximum Gasteiger partial charge on any atom is 0.229 e. The van der Waals surface area contributed by atoms with Crippen LogP contribution >= 0.6 is 0 Å². The number of hydrogen-bond donors (Lipinski definition) is 1. The van der Waals surface area contributed by atoms with Crippen LogP contribution in [0.5, 0.6) is 11.5 Å². The second kappa shape index (κ2) is 10.4. The standard InChI is InChI=1S/C28H28N2O5/c1-18(31)19-8-10-20(11-9-19)29-28(33)24-16-17-26(32)30(21-12-14-22(34-2)15-13-21)27(24)23-6-4-5-7-25(23)35-3/h4-15,24,27H,16-17H2,1-3H3,(H,29,33). The van der Waals surface area contributed by atoms with E-state index in [1.165, 1.54) is 6.92 Å². The van der Waals surface area contributed by atoms with E-state index in [9.17, 15) is 14.4 Å². The Bertz CT molecular complexity index is 1220. The molecule has 0 aromatic heterocycles. The lowest BCUT2D eigenvalue weighted by atomic mass is 9.82. The molecule has 0 spiro atoms. The quantitative estimate of drug-likeness (QED) is 0.488. The summed E-state index contributed by atoms with van der Waals surface area (Å²) in [5.74, 6) is 0.437. The summed E-state index contributed by atoms with van der Waals surface area (Å²) >= 11 is 0. The van der Waals surface area contributed by atoms with Gasteiger partial charge in [-0.1, -0.05) is 18.2 Å². The SMILES string of the molecule is COc1ccc(N2C(=O)CCC(C(=O)Nc3ccc(C(C)=O)cc3)C2c2ccccc2OC)cc1. The number of rotatable bonds is 7. The van der Waals surface area contributed by atoms with Gasteiger partial charge in [-0.05, 0) is 67.9 Å². The molecule has 3 aromatic carbocycles. The molecule has 7 heteroatoms. The zero-order chi connectivity index (χ0) is 24.9. The van der Waals surface area contributed by atoms with Crippen molar-refractivity contribution in [3.05, 3.63) is 83.9 Å². The van der Waals surface area contributed by atoms with Crippen LogP contribution in [0, 0.1) is 5.92 Å². The smallest absolute Gasteiger partial charge is 0.229 e. The van der Waals surface area contributed by atoms with Gasteiger partial charge in [-0.15, -0.1) is 0 Å². The third-order valence-corrected chi connectivity index (χ3v) is 6.30. The van der Waals surface area contributed by atoms with Crippen LogP contribution in [0.4, 0.5) is 11.4 Å². The molecule has 0 bridgehead atoms. The summed E-state index contributed by atoms with van der Waals surface area (Å²) < 4.78 is 10.9. The number of hydrogen-bond acceptors (Lipinski definition) is 5. The number of nitrogens with zero attached hydrogens (tertiary/aromatic N) is 1. The summed E-state index contributed by atoms with van der Waals surface area (Å²) in [6, 6.07) is 20.9. The van der Waals surface area contributed by atoms with E-state index in [0.29, 0.717) is 34.9 Å². The van der Waals surface area contributed by atoms with Gasteiger partial charge >= 0.3 is 0 Å². The molecule has 2 unspecified atom stereocenters. The van der Waals surface area contributed by atoms with Crippen molar-refractivity contribution in [3.63, 3.8) is 0 Å². The summed E-state index contributed by atoms with van der Waals surface area (Å²) in [4.78, 5) is 40.1. The third-order valence-electron chi connectivity index (χ3n) is 6.30. The fourth-order valence-electron chi connectivity index (χ4n) is 4.50. The molecule has 180 valence electrons. The molecular formula is C28H28N2O5. The Labute approximate surface area is 204 Å². The first kappa shape index (κ1) is 24.0. The number of piperidine rings is 1. The zero-order valence-corrected chi connectivity index (χ0v) is 20.0. The van der Waals surface area contributed by atoms with E-state index in [2.05, 4.69) is 5.32 Å². The van der Waals surface area contributed by atoms with E-state index in [-0.39, 0.29) is 24.0 Å². The van der Waals surface area contributed by atoms with E-state index in [0.717, 1.165) is 5.56 Å². The van der Waals surface area contributed by atoms with Crippen molar-refractivity contribution in [1.29, 1.82) is 0 Å². The summed E-state index contributed by atoms with van der Waals surface area (Å²) in [7, 11) is 3.16. The van der Waals surface area contributed by atoms with Crippen molar-refractivity contribution in [2.45, 2.75) is 25.8 Å². The van der Waals surface area contributed by atoms with Gasteiger partial charge in [-0.25, -0.2) is 0 Å². The van der Waals surface area contributed by atoms with Gasteiger partial charge in [0.15, 0.2) is 5.78 Å². The maximum atomic E-state index is 13.6. The average molecular weight is 473 g/mol. The Morgan fingerprint density at radius 3 is 2.23 bits per heavy atom. The van der Waals surface area contributed by atoms with Crippen LogP contribution < -0.4 is 19.7 Å². The molecule has 4 rings (SSSR count). The van der Waals surface area contributed by atoms with Gasteiger partial charge in [-0.2, -0.15) is 0 Å². The molecule has 0 saturated carbocycles. The van der Waals surface area contributed by atoms with Crippen LogP contribution in [0.3, 0.4) is 0 Å². The Hall–Kier alpha value is -4.13. The Kier molecular flexibility index (Phi) is 7.15. The van der Waals surface area contributed by atoms with Gasteiger partial charge < -0.3 is 19.7 Å². The van der Waals surface area contributed by atoms with E-state index < -0.39 is 12.0 Å². The zero-order valence-electron chi connectivity index (χ0n) is 20.0. The highest BCUT2D eigenvalue weighted by atomic mass is 16.5. The Balaban J connectivity index is 1.73. The van der Waals surface area contributed by atoms with Gasteiger partial charge in [0.05, 0.1) is 26.2 Å². The number of amides is 2. The number of ether oxygens (including phenoxy) is 2. The second-order valence-electron chi connectivity index (χ2n) is 8.42. The van der Waals surface area contributed by atoms with Crippen LogP contribution in [0.1, 0.15) is 41.7 Å². The highest BCUT2D eigenvalue weighted by Gasteiger charge is 2.42. The highest BCUT2D eigenvalue weighted by molar-refractivity contribution is 6.01. The number of carbonyl (C=O) groups is 3. The minimum absolute atomic E-state index is 0.0416. The fraction of sp³-hybridized carbons (Fsp3) is 0.250. The molecule has 7 nitrogen and oxygen atoms in total. The number of nitrogens with one attached hydrogen (secondary N) is 1. The molecule has 3 aromatic rings. The summed E-state index contributed by atoms with van der Waals surface area (Å²) in [5.41, 5.74) is 2.59. The van der Waals surface area contributed by atoms with Crippen LogP contribution in [-0.2, 0) is 9.59 Å². The maximum absolute atomic E-state index is 13.6. The Morgan fingerprint density at radius 1 is 0.914 bits per heavy atom. The molecule has 1 aliphatic rings. The summed E-state index contributed by atoms with van der Waals surface area (Å²) in [5, 5.41) is 2.97. The lowest BCUT2D eigenvalue weighted by Gasteiger charge is -2.41. The molecule has 2 atom stereocenters. The first-order valence-corrected chi connectivity index (χ1v) is 11.4. The molecule has 1 fully saturated rings. The first-order chi connectivity index (χ1) is 16.9. The lowest BCUT2D eigenvalue weighted by Crippen LogP contribution is -2.47. The van der Waals surface area contributed by atoms with E-state index >= 15 is 0 Å².